The Kier molecular flexibility index (Phi) is 6.26. The Hall–Kier alpha value is -2.51. The fourth-order valence-electron chi connectivity index (χ4n) is 2.73. The molecule has 3 rings (SSSR count). The molecular weight excluding hydrogens is 400 g/mol. The van der Waals surface area contributed by atoms with Gasteiger partial charge in [0.25, 0.3) is 5.91 Å². The van der Waals surface area contributed by atoms with Crippen LogP contribution in [-0.4, -0.2) is 42.3 Å². The monoisotopic (exact) mass is 418 g/mol. The molecule has 0 radical (unpaired) electrons. The molecule has 1 N–H and O–H groups in total. The van der Waals surface area contributed by atoms with E-state index in [-0.39, 0.29) is 29.1 Å². The summed E-state index contributed by atoms with van der Waals surface area (Å²) in [6, 6.07) is 11.8. The first-order chi connectivity index (χ1) is 13.3. The molecule has 0 aromatic heterocycles. The zero-order valence-electron chi connectivity index (χ0n) is 15.4. The Morgan fingerprint density at radius 3 is 2.61 bits per heavy atom. The molecule has 8 heteroatoms. The molecule has 1 aliphatic rings. The minimum atomic E-state index is -0.547. The normalized spacial score (nSPS) is 15.6. The summed E-state index contributed by atoms with van der Waals surface area (Å²) in [5.41, 5.74) is 1.69. The average molecular weight is 419 g/mol. The van der Waals surface area contributed by atoms with Crippen LogP contribution < -0.4 is 15.0 Å². The number of halogens is 1. The molecule has 1 unspecified atom stereocenters. The SMILES string of the molecule is CC1Oc2ccc(C(=O)CSCC(=O)Nc3ccc(Cl)cc3)cc2N(C)C1=O. The molecule has 1 atom stereocenters. The molecule has 0 fully saturated rings. The molecule has 6 nitrogen and oxygen atoms in total. The van der Waals surface area contributed by atoms with Gasteiger partial charge in [0.1, 0.15) is 5.75 Å². The Bertz CT molecular complexity index is 917. The van der Waals surface area contributed by atoms with Gasteiger partial charge in [-0.1, -0.05) is 11.6 Å². The van der Waals surface area contributed by atoms with Crippen molar-refractivity contribution in [1.82, 2.24) is 0 Å². The molecule has 0 spiro atoms. The summed E-state index contributed by atoms with van der Waals surface area (Å²) in [5, 5.41) is 3.34. The van der Waals surface area contributed by atoms with Crippen LogP contribution in [0.4, 0.5) is 11.4 Å². The minimum absolute atomic E-state index is 0.119. The number of hydrogen-bond acceptors (Lipinski definition) is 5. The van der Waals surface area contributed by atoms with Gasteiger partial charge in [0.05, 0.1) is 17.2 Å². The molecule has 1 heterocycles. The van der Waals surface area contributed by atoms with Gasteiger partial charge in [0, 0.05) is 23.3 Å². The molecule has 0 aliphatic carbocycles. The summed E-state index contributed by atoms with van der Waals surface area (Å²) in [4.78, 5) is 38.0. The summed E-state index contributed by atoms with van der Waals surface area (Å²) in [6.07, 6.45) is -0.547. The van der Waals surface area contributed by atoms with E-state index in [1.165, 1.54) is 16.7 Å². The quantitative estimate of drug-likeness (QED) is 0.725. The molecular formula is C20H19ClN2O4S. The fourth-order valence-corrected chi connectivity index (χ4v) is 3.57. The third-order valence-electron chi connectivity index (χ3n) is 4.22. The largest absolute Gasteiger partial charge is 0.479 e. The van der Waals surface area contributed by atoms with Crippen LogP contribution in [0.2, 0.25) is 5.02 Å². The van der Waals surface area contributed by atoms with Crippen molar-refractivity contribution in [2.45, 2.75) is 13.0 Å². The van der Waals surface area contributed by atoms with Crippen LogP contribution in [0, 0.1) is 0 Å². The summed E-state index contributed by atoms with van der Waals surface area (Å²) < 4.78 is 5.56. The van der Waals surface area contributed by atoms with Gasteiger partial charge in [-0.2, -0.15) is 0 Å². The number of likely N-dealkylation sites (N-methyl/N-ethyl adjacent to an activating group) is 1. The number of nitrogens with one attached hydrogen (secondary N) is 1. The minimum Gasteiger partial charge on any atom is -0.479 e. The topological polar surface area (TPSA) is 75.7 Å². The number of carbonyl (C=O) groups excluding carboxylic acids is 3. The van der Waals surface area contributed by atoms with Gasteiger partial charge in [-0.05, 0) is 49.4 Å². The average Bonchev–Trinajstić information content (AvgIpc) is 2.67. The van der Waals surface area contributed by atoms with Gasteiger partial charge >= 0.3 is 0 Å². The van der Waals surface area contributed by atoms with Gasteiger partial charge in [0.15, 0.2) is 11.9 Å². The van der Waals surface area contributed by atoms with Crippen LogP contribution in [0.25, 0.3) is 0 Å². The summed E-state index contributed by atoms with van der Waals surface area (Å²) in [6.45, 7) is 1.69. The predicted octanol–water partition coefficient (Wildman–Crippen LogP) is 3.64. The Morgan fingerprint density at radius 1 is 1.18 bits per heavy atom. The van der Waals surface area contributed by atoms with Crippen molar-refractivity contribution in [1.29, 1.82) is 0 Å². The molecule has 1 aliphatic heterocycles. The first-order valence-electron chi connectivity index (χ1n) is 8.60. The van der Waals surface area contributed by atoms with Crippen molar-refractivity contribution >= 4 is 52.3 Å². The van der Waals surface area contributed by atoms with Gasteiger partial charge < -0.3 is 15.0 Å². The lowest BCUT2D eigenvalue weighted by atomic mass is 10.1. The maximum Gasteiger partial charge on any atom is 0.267 e. The number of thioether (sulfide) groups is 1. The van der Waals surface area contributed by atoms with Gasteiger partial charge in [-0.15, -0.1) is 11.8 Å². The van der Waals surface area contributed by atoms with Crippen LogP contribution in [-0.2, 0) is 9.59 Å². The summed E-state index contributed by atoms with van der Waals surface area (Å²) in [5.74, 6) is 0.399. The molecule has 0 saturated heterocycles. The van der Waals surface area contributed by atoms with E-state index >= 15 is 0 Å². The zero-order chi connectivity index (χ0) is 20.3. The number of rotatable bonds is 6. The third kappa shape index (κ3) is 4.66. The Balaban J connectivity index is 1.54. The smallest absolute Gasteiger partial charge is 0.267 e. The fraction of sp³-hybridized carbons (Fsp3) is 0.250. The zero-order valence-corrected chi connectivity index (χ0v) is 17.0. The second-order valence-electron chi connectivity index (χ2n) is 6.31. The van der Waals surface area contributed by atoms with Crippen LogP contribution in [0.5, 0.6) is 5.75 Å². The number of hydrogen-bond donors (Lipinski definition) is 1. The van der Waals surface area contributed by atoms with Crippen molar-refractivity contribution in [2.75, 3.05) is 28.8 Å². The molecule has 28 heavy (non-hydrogen) atoms. The molecule has 2 aromatic rings. The lowest BCUT2D eigenvalue weighted by Crippen LogP contribution is -2.42. The predicted molar refractivity (Wildman–Crippen MR) is 112 cm³/mol. The lowest BCUT2D eigenvalue weighted by Gasteiger charge is -2.30. The molecule has 146 valence electrons. The Labute approximate surface area is 172 Å². The van der Waals surface area contributed by atoms with Gasteiger partial charge in [0.2, 0.25) is 5.91 Å². The van der Waals surface area contributed by atoms with E-state index in [4.69, 9.17) is 16.3 Å². The van der Waals surface area contributed by atoms with E-state index in [9.17, 15) is 14.4 Å². The maximum atomic E-state index is 12.4. The molecule has 0 bridgehead atoms. The van der Waals surface area contributed by atoms with Gasteiger partial charge in [-0.3, -0.25) is 14.4 Å². The van der Waals surface area contributed by atoms with Gasteiger partial charge in [-0.25, -0.2) is 0 Å². The number of nitrogens with zero attached hydrogens (tertiary/aromatic N) is 1. The Morgan fingerprint density at radius 2 is 1.89 bits per heavy atom. The first-order valence-corrected chi connectivity index (χ1v) is 10.1. The van der Waals surface area contributed by atoms with E-state index in [2.05, 4.69) is 5.32 Å². The molecule has 2 amide bonds. The van der Waals surface area contributed by atoms with E-state index < -0.39 is 6.10 Å². The van der Waals surface area contributed by atoms with E-state index in [0.29, 0.717) is 27.7 Å². The number of amides is 2. The van der Waals surface area contributed by atoms with Crippen LogP contribution in [0.1, 0.15) is 17.3 Å². The number of fused-ring (bicyclic) bond motifs is 1. The number of ketones is 1. The van der Waals surface area contributed by atoms with Crippen molar-refractivity contribution < 1.29 is 19.1 Å². The standard InChI is InChI=1S/C20H19ClN2O4S/c1-12-20(26)23(2)16-9-13(3-8-18(16)27-12)17(24)10-28-11-19(25)22-15-6-4-14(21)5-7-15/h3-9,12H,10-11H2,1-2H3,(H,22,25). The number of benzene rings is 2. The maximum absolute atomic E-state index is 12.4. The summed E-state index contributed by atoms with van der Waals surface area (Å²) >= 11 is 7.04. The highest BCUT2D eigenvalue weighted by atomic mass is 35.5. The van der Waals surface area contributed by atoms with Crippen LogP contribution >= 0.6 is 23.4 Å². The highest BCUT2D eigenvalue weighted by Crippen LogP contribution is 2.34. The highest BCUT2D eigenvalue weighted by Gasteiger charge is 2.29. The van der Waals surface area contributed by atoms with E-state index in [1.807, 2.05) is 0 Å². The number of carbonyl (C=O) groups is 3. The van der Waals surface area contributed by atoms with Crippen LogP contribution in [0.15, 0.2) is 42.5 Å². The second-order valence-corrected chi connectivity index (χ2v) is 7.73. The van der Waals surface area contributed by atoms with Crippen LogP contribution in [0.3, 0.4) is 0 Å². The number of anilines is 2. The number of ether oxygens (including phenoxy) is 1. The highest BCUT2D eigenvalue weighted by molar-refractivity contribution is 8.00. The lowest BCUT2D eigenvalue weighted by molar-refractivity contribution is -0.125. The number of Topliss-reactive ketones (excluding diaryl/α,β-unsaturated/α-hetero) is 1. The molecule has 0 saturated carbocycles. The van der Waals surface area contributed by atoms with Crippen molar-refractivity contribution in [3.05, 3.63) is 53.1 Å². The third-order valence-corrected chi connectivity index (χ3v) is 5.40. The van der Waals surface area contributed by atoms with E-state index in [1.54, 1.807) is 56.4 Å². The van der Waals surface area contributed by atoms with Crippen molar-refractivity contribution in [3.63, 3.8) is 0 Å². The molecule has 2 aromatic carbocycles. The van der Waals surface area contributed by atoms with E-state index in [0.717, 1.165) is 0 Å². The van der Waals surface area contributed by atoms with Crippen molar-refractivity contribution in [2.24, 2.45) is 0 Å². The first kappa shape index (κ1) is 20.2. The van der Waals surface area contributed by atoms with Crippen molar-refractivity contribution in [3.8, 4) is 5.75 Å². The summed E-state index contributed by atoms with van der Waals surface area (Å²) in [7, 11) is 1.66. The second kappa shape index (κ2) is 8.67.